The lowest BCUT2D eigenvalue weighted by atomic mass is 9.86. The number of nitrogens with one attached hydrogen (secondary N) is 1. The van der Waals surface area contributed by atoms with Crippen LogP contribution in [0.25, 0.3) is 0 Å². The van der Waals surface area contributed by atoms with Crippen LogP contribution in [0.5, 0.6) is 0 Å². The number of amidine groups is 1. The van der Waals surface area contributed by atoms with Gasteiger partial charge in [0, 0.05) is 18.1 Å². The maximum absolute atomic E-state index is 7.50. The van der Waals surface area contributed by atoms with Crippen molar-refractivity contribution in [2.45, 2.75) is 45.6 Å². The summed E-state index contributed by atoms with van der Waals surface area (Å²) >= 11 is 0. The molecule has 17 heavy (non-hydrogen) atoms. The van der Waals surface area contributed by atoms with Gasteiger partial charge in [-0.2, -0.15) is 0 Å². The molecule has 1 heterocycles. The quantitative estimate of drug-likeness (QED) is 0.406. The Morgan fingerprint density at radius 2 is 2.18 bits per heavy atom. The van der Waals surface area contributed by atoms with Crippen LogP contribution in [0.3, 0.4) is 0 Å². The number of hydrogen-bond acceptors (Lipinski definition) is 3. The number of likely N-dealkylation sites (N-methyl/N-ethyl adjacent to an activating group) is 1. The molecular formula is C13H27N3O. The Morgan fingerprint density at radius 3 is 2.71 bits per heavy atom. The van der Waals surface area contributed by atoms with Gasteiger partial charge in [0.15, 0.2) is 0 Å². The SMILES string of the molecule is CN(CCCCC(C)(C)C(=N)N)C1CCOC1. The first-order chi connectivity index (χ1) is 7.93. The first kappa shape index (κ1) is 14.5. The predicted octanol–water partition coefficient (Wildman–Crippen LogP) is 1.84. The Labute approximate surface area is 105 Å². The van der Waals surface area contributed by atoms with Crippen molar-refractivity contribution in [3.8, 4) is 0 Å². The predicted molar refractivity (Wildman–Crippen MR) is 71.4 cm³/mol. The monoisotopic (exact) mass is 241 g/mol. The highest BCUT2D eigenvalue weighted by molar-refractivity contribution is 5.82. The van der Waals surface area contributed by atoms with Crippen molar-refractivity contribution in [2.75, 3.05) is 26.8 Å². The molecule has 1 rings (SSSR count). The molecule has 0 aliphatic carbocycles. The highest BCUT2D eigenvalue weighted by atomic mass is 16.5. The molecule has 0 radical (unpaired) electrons. The molecule has 0 aromatic heterocycles. The molecule has 100 valence electrons. The molecular weight excluding hydrogens is 214 g/mol. The van der Waals surface area contributed by atoms with Gasteiger partial charge in [-0.05, 0) is 32.9 Å². The minimum atomic E-state index is -0.144. The Balaban J connectivity index is 2.13. The molecule has 1 fully saturated rings. The van der Waals surface area contributed by atoms with E-state index in [-0.39, 0.29) is 5.41 Å². The maximum Gasteiger partial charge on any atom is 0.0963 e. The zero-order valence-electron chi connectivity index (χ0n) is 11.5. The van der Waals surface area contributed by atoms with Gasteiger partial charge in [-0.25, -0.2) is 0 Å². The fraction of sp³-hybridized carbons (Fsp3) is 0.923. The minimum Gasteiger partial charge on any atom is -0.387 e. The van der Waals surface area contributed by atoms with Gasteiger partial charge in [0.2, 0.25) is 0 Å². The number of nitrogens with two attached hydrogens (primary N) is 1. The fourth-order valence-corrected chi connectivity index (χ4v) is 2.12. The van der Waals surface area contributed by atoms with Crippen molar-refractivity contribution >= 4 is 5.84 Å². The molecule has 0 bridgehead atoms. The van der Waals surface area contributed by atoms with Crippen molar-refractivity contribution in [2.24, 2.45) is 11.1 Å². The summed E-state index contributed by atoms with van der Waals surface area (Å²) in [6, 6.07) is 0.607. The lowest BCUT2D eigenvalue weighted by Crippen LogP contribution is -2.33. The zero-order chi connectivity index (χ0) is 12.9. The van der Waals surface area contributed by atoms with Crippen LogP contribution in [0.2, 0.25) is 0 Å². The van der Waals surface area contributed by atoms with Crippen LogP contribution in [-0.2, 0) is 4.74 Å². The maximum atomic E-state index is 7.50. The molecule has 1 unspecified atom stereocenters. The summed E-state index contributed by atoms with van der Waals surface area (Å²) in [7, 11) is 2.18. The molecule has 4 heteroatoms. The van der Waals surface area contributed by atoms with E-state index in [0.29, 0.717) is 11.9 Å². The fourth-order valence-electron chi connectivity index (χ4n) is 2.12. The summed E-state index contributed by atoms with van der Waals surface area (Å²) in [5.41, 5.74) is 5.42. The van der Waals surface area contributed by atoms with E-state index in [9.17, 15) is 0 Å². The summed E-state index contributed by atoms with van der Waals surface area (Å²) in [5.74, 6) is 0.301. The smallest absolute Gasteiger partial charge is 0.0963 e. The van der Waals surface area contributed by atoms with Crippen LogP contribution in [-0.4, -0.2) is 43.6 Å². The second kappa shape index (κ2) is 6.36. The van der Waals surface area contributed by atoms with Crippen molar-refractivity contribution in [3.05, 3.63) is 0 Å². The first-order valence-corrected chi connectivity index (χ1v) is 6.56. The third-order valence-electron chi connectivity index (χ3n) is 3.82. The highest BCUT2D eigenvalue weighted by Crippen LogP contribution is 2.23. The van der Waals surface area contributed by atoms with E-state index in [2.05, 4.69) is 11.9 Å². The molecule has 0 aromatic rings. The molecule has 0 amide bonds. The number of nitrogens with zero attached hydrogens (tertiary/aromatic N) is 1. The van der Waals surface area contributed by atoms with E-state index < -0.39 is 0 Å². The second-order valence-corrected chi connectivity index (χ2v) is 5.75. The normalized spacial score (nSPS) is 21.1. The number of hydrogen-bond donors (Lipinski definition) is 2. The average Bonchev–Trinajstić information content (AvgIpc) is 2.77. The first-order valence-electron chi connectivity index (χ1n) is 6.56. The Kier molecular flexibility index (Phi) is 5.40. The van der Waals surface area contributed by atoms with E-state index in [1.807, 2.05) is 13.8 Å². The second-order valence-electron chi connectivity index (χ2n) is 5.75. The Bertz CT molecular complexity index is 247. The van der Waals surface area contributed by atoms with Crippen molar-refractivity contribution in [3.63, 3.8) is 0 Å². The van der Waals surface area contributed by atoms with Crippen LogP contribution in [0.1, 0.15) is 39.5 Å². The molecule has 0 aromatic carbocycles. The minimum absolute atomic E-state index is 0.144. The van der Waals surface area contributed by atoms with Crippen molar-refractivity contribution < 1.29 is 4.74 Å². The van der Waals surface area contributed by atoms with Gasteiger partial charge in [-0.3, -0.25) is 5.41 Å². The lowest BCUT2D eigenvalue weighted by Gasteiger charge is -2.25. The van der Waals surface area contributed by atoms with Gasteiger partial charge in [0.05, 0.1) is 12.4 Å². The third kappa shape index (κ3) is 4.64. The summed E-state index contributed by atoms with van der Waals surface area (Å²) in [6.45, 7) is 7.00. The van der Waals surface area contributed by atoms with Gasteiger partial charge < -0.3 is 15.4 Å². The molecule has 1 aliphatic rings. The molecule has 0 spiro atoms. The standard InChI is InChI=1S/C13H27N3O/c1-13(2,12(14)15)7-4-5-8-16(3)11-6-9-17-10-11/h11H,4-10H2,1-3H3,(H3,14,15). The van der Waals surface area contributed by atoms with E-state index in [0.717, 1.165) is 39.0 Å². The van der Waals surface area contributed by atoms with Gasteiger partial charge in [0.25, 0.3) is 0 Å². The summed E-state index contributed by atoms with van der Waals surface area (Å²) < 4.78 is 5.38. The zero-order valence-corrected chi connectivity index (χ0v) is 11.5. The van der Waals surface area contributed by atoms with Crippen LogP contribution < -0.4 is 5.73 Å². The van der Waals surface area contributed by atoms with E-state index in [4.69, 9.17) is 15.9 Å². The molecule has 0 saturated carbocycles. The van der Waals surface area contributed by atoms with Crippen molar-refractivity contribution in [1.82, 2.24) is 4.90 Å². The topological polar surface area (TPSA) is 62.3 Å². The third-order valence-corrected chi connectivity index (χ3v) is 3.82. The average molecular weight is 241 g/mol. The highest BCUT2D eigenvalue weighted by Gasteiger charge is 2.22. The van der Waals surface area contributed by atoms with Crippen LogP contribution in [0, 0.1) is 10.8 Å². The number of rotatable bonds is 7. The molecule has 1 saturated heterocycles. The van der Waals surface area contributed by atoms with Gasteiger partial charge >= 0.3 is 0 Å². The molecule has 4 nitrogen and oxygen atoms in total. The lowest BCUT2D eigenvalue weighted by molar-refractivity contribution is 0.158. The van der Waals surface area contributed by atoms with Gasteiger partial charge in [-0.15, -0.1) is 0 Å². The summed E-state index contributed by atoms with van der Waals surface area (Å²) in [6.07, 6.45) is 4.46. The van der Waals surface area contributed by atoms with E-state index in [1.165, 1.54) is 6.42 Å². The van der Waals surface area contributed by atoms with Gasteiger partial charge in [0.1, 0.15) is 0 Å². The van der Waals surface area contributed by atoms with E-state index in [1.54, 1.807) is 0 Å². The molecule has 1 atom stereocenters. The summed E-state index contributed by atoms with van der Waals surface area (Å²) in [4.78, 5) is 2.40. The number of unbranched alkanes of at least 4 members (excludes halogenated alkanes) is 1. The molecule has 3 N–H and O–H groups in total. The van der Waals surface area contributed by atoms with Crippen LogP contribution >= 0.6 is 0 Å². The number of ether oxygens (including phenoxy) is 1. The molecule has 1 aliphatic heterocycles. The summed E-state index contributed by atoms with van der Waals surface area (Å²) in [5, 5.41) is 7.50. The van der Waals surface area contributed by atoms with Crippen LogP contribution in [0.4, 0.5) is 0 Å². The Morgan fingerprint density at radius 1 is 1.47 bits per heavy atom. The van der Waals surface area contributed by atoms with Gasteiger partial charge in [-0.1, -0.05) is 20.3 Å². The Hall–Kier alpha value is -0.610. The van der Waals surface area contributed by atoms with E-state index >= 15 is 0 Å². The van der Waals surface area contributed by atoms with Crippen molar-refractivity contribution in [1.29, 1.82) is 5.41 Å². The van der Waals surface area contributed by atoms with Crippen LogP contribution in [0.15, 0.2) is 0 Å². The largest absolute Gasteiger partial charge is 0.387 e.